The van der Waals surface area contributed by atoms with Gasteiger partial charge in [0.15, 0.2) is 0 Å². The van der Waals surface area contributed by atoms with Gasteiger partial charge in [-0.25, -0.2) is 8.42 Å². The molecule has 1 aromatic heterocycles. The van der Waals surface area contributed by atoms with E-state index >= 15 is 0 Å². The molecule has 0 aliphatic heterocycles. The molecule has 2 aromatic carbocycles. The minimum atomic E-state index is -3.90. The number of pyridine rings is 1. The molecule has 0 radical (unpaired) electrons. The van der Waals surface area contributed by atoms with Crippen molar-refractivity contribution >= 4 is 21.6 Å². The zero-order chi connectivity index (χ0) is 20.0. The summed E-state index contributed by atoms with van der Waals surface area (Å²) in [6.45, 7) is -0.116. The quantitative estimate of drug-likeness (QED) is 0.567. The third kappa shape index (κ3) is 4.54. The Morgan fingerprint density at radius 1 is 1.00 bits per heavy atom. The van der Waals surface area contributed by atoms with Crippen LogP contribution in [0.5, 0.6) is 0 Å². The second-order valence-corrected chi connectivity index (χ2v) is 7.53. The summed E-state index contributed by atoms with van der Waals surface area (Å²) in [5.41, 5.74) is 1.62. The number of aromatic nitrogens is 1. The highest BCUT2D eigenvalue weighted by atomic mass is 32.2. The second kappa shape index (κ2) is 8.64. The number of aliphatic hydroxyl groups is 1. The monoisotopic (exact) mass is 397 g/mol. The molecule has 0 saturated carbocycles. The van der Waals surface area contributed by atoms with Crippen LogP contribution in [-0.4, -0.2) is 37.6 Å². The summed E-state index contributed by atoms with van der Waals surface area (Å²) in [4.78, 5) is 16.0. The summed E-state index contributed by atoms with van der Waals surface area (Å²) >= 11 is 0. The molecule has 0 bridgehead atoms. The van der Waals surface area contributed by atoms with E-state index in [1.807, 2.05) is 30.3 Å². The molecule has 0 saturated heterocycles. The lowest BCUT2D eigenvalue weighted by Gasteiger charge is -2.13. The van der Waals surface area contributed by atoms with Crippen LogP contribution in [0.15, 0.2) is 77.8 Å². The Balaban J connectivity index is 1.91. The van der Waals surface area contributed by atoms with Crippen molar-refractivity contribution in [2.75, 3.05) is 17.9 Å². The molecule has 1 amide bonds. The smallest absolute Gasteiger partial charge is 0.270 e. The van der Waals surface area contributed by atoms with Crippen LogP contribution in [0, 0.1) is 0 Å². The summed E-state index contributed by atoms with van der Waals surface area (Å²) in [5, 5.41) is 11.3. The third-order valence-corrected chi connectivity index (χ3v) is 5.34. The standard InChI is InChI=1S/C20H19N3O4S/c24-13-12-22-20(25)18-14-16(10-11-21-18)23-28(26,27)19-9-5-4-8-17(19)15-6-2-1-3-7-15/h1-11,14,24H,12-13H2,(H,21,23)(H,22,25). The third-order valence-electron chi connectivity index (χ3n) is 3.90. The average Bonchev–Trinajstić information content (AvgIpc) is 2.72. The summed E-state index contributed by atoms with van der Waals surface area (Å²) in [6, 6.07) is 18.7. The Labute approximate surface area is 163 Å². The Kier molecular flexibility index (Phi) is 6.03. The van der Waals surface area contributed by atoms with Crippen molar-refractivity contribution in [3.8, 4) is 11.1 Å². The number of rotatable bonds is 7. The van der Waals surface area contributed by atoms with Crippen LogP contribution in [0.1, 0.15) is 10.5 Å². The fraction of sp³-hybridized carbons (Fsp3) is 0.100. The van der Waals surface area contributed by atoms with Crippen molar-refractivity contribution in [3.05, 3.63) is 78.6 Å². The van der Waals surface area contributed by atoms with Crippen LogP contribution in [0.25, 0.3) is 11.1 Å². The number of benzene rings is 2. The first-order valence-electron chi connectivity index (χ1n) is 8.53. The van der Waals surface area contributed by atoms with Gasteiger partial charge in [0.2, 0.25) is 0 Å². The van der Waals surface area contributed by atoms with Crippen molar-refractivity contribution in [3.63, 3.8) is 0 Å². The molecule has 144 valence electrons. The number of anilines is 1. The van der Waals surface area contributed by atoms with Gasteiger partial charge in [0.25, 0.3) is 15.9 Å². The number of nitrogens with zero attached hydrogens (tertiary/aromatic N) is 1. The number of aliphatic hydroxyl groups excluding tert-OH is 1. The van der Waals surface area contributed by atoms with E-state index in [9.17, 15) is 13.2 Å². The van der Waals surface area contributed by atoms with Crippen molar-refractivity contribution in [2.24, 2.45) is 0 Å². The Morgan fingerprint density at radius 3 is 2.46 bits per heavy atom. The van der Waals surface area contributed by atoms with Crippen LogP contribution in [0.4, 0.5) is 5.69 Å². The fourth-order valence-corrected chi connectivity index (χ4v) is 3.93. The molecule has 3 aromatic rings. The average molecular weight is 397 g/mol. The maximum absolute atomic E-state index is 13.0. The first-order chi connectivity index (χ1) is 13.5. The lowest BCUT2D eigenvalue weighted by Crippen LogP contribution is -2.27. The highest BCUT2D eigenvalue weighted by Crippen LogP contribution is 2.28. The molecule has 7 nitrogen and oxygen atoms in total. The fourth-order valence-electron chi connectivity index (χ4n) is 2.65. The molecule has 0 aliphatic carbocycles. The van der Waals surface area contributed by atoms with Crippen LogP contribution in [0.2, 0.25) is 0 Å². The van der Waals surface area contributed by atoms with Gasteiger partial charge in [-0.15, -0.1) is 0 Å². The van der Waals surface area contributed by atoms with Gasteiger partial charge < -0.3 is 10.4 Å². The number of sulfonamides is 1. The van der Waals surface area contributed by atoms with Crippen LogP contribution in [0.3, 0.4) is 0 Å². The van der Waals surface area contributed by atoms with Crippen LogP contribution < -0.4 is 10.0 Å². The predicted octanol–water partition coefficient (Wildman–Crippen LogP) is 2.27. The molecule has 0 unspecified atom stereocenters. The highest BCUT2D eigenvalue weighted by Gasteiger charge is 2.20. The molecule has 0 fully saturated rings. The number of hydrogen-bond acceptors (Lipinski definition) is 5. The van der Waals surface area contributed by atoms with Gasteiger partial charge in [0, 0.05) is 18.3 Å². The highest BCUT2D eigenvalue weighted by molar-refractivity contribution is 7.92. The van der Waals surface area contributed by atoms with Crippen molar-refractivity contribution in [1.29, 1.82) is 0 Å². The van der Waals surface area contributed by atoms with Crippen LogP contribution >= 0.6 is 0 Å². The molecular formula is C20H19N3O4S. The van der Waals surface area contributed by atoms with Gasteiger partial charge in [-0.1, -0.05) is 48.5 Å². The number of carbonyl (C=O) groups excluding carboxylic acids is 1. The number of carbonyl (C=O) groups is 1. The molecule has 0 spiro atoms. The van der Waals surface area contributed by atoms with Crippen molar-refractivity contribution < 1.29 is 18.3 Å². The predicted molar refractivity (Wildman–Crippen MR) is 106 cm³/mol. The first kappa shape index (κ1) is 19.5. The van der Waals surface area contributed by atoms with Gasteiger partial charge in [0.05, 0.1) is 17.2 Å². The van der Waals surface area contributed by atoms with E-state index in [0.29, 0.717) is 5.56 Å². The molecule has 28 heavy (non-hydrogen) atoms. The van der Waals surface area contributed by atoms with Crippen LogP contribution in [-0.2, 0) is 10.0 Å². The topological polar surface area (TPSA) is 108 Å². The van der Waals surface area contributed by atoms with E-state index in [1.54, 1.807) is 18.2 Å². The van der Waals surface area contributed by atoms with E-state index in [2.05, 4.69) is 15.0 Å². The van der Waals surface area contributed by atoms with Crippen molar-refractivity contribution in [1.82, 2.24) is 10.3 Å². The van der Waals surface area contributed by atoms with Crippen molar-refractivity contribution in [2.45, 2.75) is 4.90 Å². The van der Waals surface area contributed by atoms with Gasteiger partial charge >= 0.3 is 0 Å². The van der Waals surface area contributed by atoms with Gasteiger partial charge in [0.1, 0.15) is 5.69 Å². The summed E-state index contributed by atoms with van der Waals surface area (Å²) < 4.78 is 28.5. The number of amides is 1. The Morgan fingerprint density at radius 2 is 1.71 bits per heavy atom. The molecule has 8 heteroatoms. The van der Waals surface area contributed by atoms with Gasteiger partial charge in [-0.3, -0.25) is 14.5 Å². The molecule has 0 atom stereocenters. The van der Waals surface area contributed by atoms with Gasteiger partial charge in [-0.2, -0.15) is 0 Å². The SMILES string of the molecule is O=C(NCCO)c1cc(NS(=O)(=O)c2ccccc2-c2ccccc2)ccn1. The zero-order valence-electron chi connectivity index (χ0n) is 14.9. The van der Waals surface area contributed by atoms with E-state index in [4.69, 9.17) is 5.11 Å². The zero-order valence-corrected chi connectivity index (χ0v) is 15.7. The Hall–Kier alpha value is -3.23. The van der Waals surface area contributed by atoms with E-state index < -0.39 is 15.9 Å². The first-order valence-corrected chi connectivity index (χ1v) is 10.0. The lowest BCUT2D eigenvalue weighted by atomic mass is 10.1. The normalized spacial score (nSPS) is 11.0. The number of nitrogens with one attached hydrogen (secondary N) is 2. The van der Waals surface area contributed by atoms with Gasteiger partial charge in [-0.05, 0) is 23.8 Å². The van der Waals surface area contributed by atoms with E-state index in [1.165, 1.54) is 24.4 Å². The molecule has 3 N–H and O–H groups in total. The Bertz CT molecular complexity index is 1070. The van der Waals surface area contributed by atoms with E-state index in [0.717, 1.165) is 5.56 Å². The molecule has 1 heterocycles. The molecule has 3 rings (SSSR count). The summed E-state index contributed by atoms with van der Waals surface area (Å²) in [5.74, 6) is -0.500. The molecular weight excluding hydrogens is 378 g/mol. The largest absolute Gasteiger partial charge is 0.395 e. The van der Waals surface area contributed by atoms with E-state index in [-0.39, 0.29) is 29.4 Å². The minimum Gasteiger partial charge on any atom is -0.395 e. The lowest BCUT2D eigenvalue weighted by molar-refractivity contribution is 0.0940. The maximum atomic E-state index is 13.0. The molecule has 0 aliphatic rings. The maximum Gasteiger partial charge on any atom is 0.270 e. The summed E-state index contributed by atoms with van der Waals surface area (Å²) in [7, 11) is -3.90. The number of hydrogen-bond donors (Lipinski definition) is 3. The summed E-state index contributed by atoms with van der Waals surface area (Å²) in [6.07, 6.45) is 1.34. The minimum absolute atomic E-state index is 0.0463. The second-order valence-electron chi connectivity index (χ2n) is 5.88.